The summed E-state index contributed by atoms with van der Waals surface area (Å²) < 4.78 is 0. The van der Waals surface area contributed by atoms with Gasteiger partial charge in [-0.25, -0.2) is 4.99 Å². The van der Waals surface area contributed by atoms with E-state index in [2.05, 4.69) is 76.6 Å². The molecule has 0 fully saturated rings. The van der Waals surface area contributed by atoms with E-state index in [1.807, 2.05) is 6.34 Å². The number of nitrogens with zero attached hydrogens (tertiary/aromatic N) is 2. The van der Waals surface area contributed by atoms with E-state index in [-0.39, 0.29) is 0 Å². The predicted octanol–water partition coefficient (Wildman–Crippen LogP) is 4.56. The second-order valence-corrected chi connectivity index (χ2v) is 5.33. The maximum atomic E-state index is 4.61. The molecule has 0 radical (unpaired) electrons. The Labute approximate surface area is 124 Å². The van der Waals surface area contributed by atoms with E-state index >= 15 is 0 Å². The van der Waals surface area contributed by atoms with E-state index in [0.717, 1.165) is 18.7 Å². The molecule has 2 heteroatoms. The van der Waals surface area contributed by atoms with Crippen LogP contribution in [-0.2, 0) is 6.42 Å². The molecule has 4 rings (SSSR count). The summed E-state index contributed by atoms with van der Waals surface area (Å²) in [6, 6.07) is 23.4. The molecular formula is C19H16N2. The number of anilines is 1. The first-order valence-electron chi connectivity index (χ1n) is 7.28. The van der Waals surface area contributed by atoms with Crippen molar-refractivity contribution in [3.8, 4) is 0 Å². The van der Waals surface area contributed by atoms with Crippen LogP contribution < -0.4 is 4.90 Å². The van der Waals surface area contributed by atoms with Gasteiger partial charge in [-0.2, -0.15) is 0 Å². The fourth-order valence-corrected chi connectivity index (χ4v) is 2.92. The van der Waals surface area contributed by atoms with Gasteiger partial charge in [-0.3, -0.25) is 0 Å². The van der Waals surface area contributed by atoms with E-state index in [1.54, 1.807) is 0 Å². The van der Waals surface area contributed by atoms with Crippen LogP contribution in [0.5, 0.6) is 0 Å². The van der Waals surface area contributed by atoms with Gasteiger partial charge in [0.1, 0.15) is 0 Å². The SMILES string of the molecule is C1=Nc2cccc3cccc(c23)N1CCc1ccccc1. The molecule has 0 atom stereocenters. The van der Waals surface area contributed by atoms with Crippen LogP contribution in [0.4, 0.5) is 11.4 Å². The van der Waals surface area contributed by atoms with Crippen molar-refractivity contribution in [3.05, 3.63) is 72.3 Å². The number of hydrogen-bond donors (Lipinski definition) is 0. The smallest absolute Gasteiger partial charge is 0.0957 e. The van der Waals surface area contributed by atoms with Crippen LogP contribution in [0.3, 0.4) is 0 Å². The quantitative estimate of drug-likeness (QED) is 0.682. The molecule has 1 aliphatic rings. The third kappa shape index (κ3) is 2.19. The Morgan fingerprint density at radius 3 is 2.48 bits per heavy atom. The van der Waals surface area contributed by atoms with Crippen molar-refractivity contribution in [2.75, 3.05) is 11.4 Å². The Hall–Kier alpha value is -2.61. The van der Waals surface area contributed by atoms with Crippen LogP contribution in [0.15, 0.2) is 71.7 Å². The van der Waals surface area contributed by atoms with Crippen LogP contribution in [0, 0.1) is 0 Å². The van der Waals surface area contributed by atoms with Gasteiger partial charge in [0.15, 0.2) is 0 Å². The van der Waals surface area contributed by atoms with Crippen LogP contribution in [0.1, 0.15) is 5.56 Å². The van der Waals surface area contributed by atoms with Gasteiger partial charge in [0.05, 0.1) is 17.7 Å². The zero-order valence-corrected chi connectivity index (χ0v) is 11.7. The summed E-state index contributed by atoms with van der Waals surface area (Å²) in [7, 11) is 0. The first kappa shape index (κ1) is 12.2. The first-order chi connectivity index (χ1) is 10.4. The third-order valence-electron chi connectivity index (χ3n) is 3.99. The highest BCUT2D eigenvalue weighted by molar-refractivity contribution is 6.09. The van der Waals surface area contributed by atoms with E-state index in [9.17, 15) is 0 Å². The molecule has 0 saturated carbocycles. The summed E-state index contributed by atoms with van der Waals surface area (Å²) in [5, 5.41) is 2.52. The maximum absolute atomic E-state index is 4.61. The molecule has 0 bridgehead atoms. The van der Waals surface area contributed by atoms with Crippen molar-refractivity contribution >= 4 is 28.5 Å². The Bertz CT molecular complexity index is 801. The van der Waals surface area contributed by atoms with Crippen molar-refractivity contribution < 1.29 is 0 Å². The summed E-state index contributed by atoms with van der Waals surface area (Å²) in [5.41, 5.74) is 3.69. The standard InChI is InChI=1S/C19H16N2/c1-2-6-15(7-3-1)12-13-21-14-20-17-10-4-8-16-9-5-11-18(21)19(16)17/h1-11,14H,12-13H2. The summed E-state index contributed by atoms with van der Waals surface area (Å²) in [6.45, 7) is 0.945. The maximum Gasteiger partial charge on any atom is 0.0957 e. The summed E-state index contributed by atoms with van der Waals surface area (Å²) >= 11 is 0. The largest absolute Gasteiger partial charge is 0.331 e. The first-order valence-corrected chi connectivity index (χ1v) is 7.28. The van der Waals surface area contributed by atoms with Crippen molar-refractivity contribution in [3.63, 3.8) is 0 Å². The van der Waals surface area contributed by atoms with Crippen LogP contribution >= 0.6 is 0 Å². The molecule has 0 amide bonds. The van der Waals surface area contributed by atoms with Crippen LogP contribution in [-0.4, -0.2) is 12.9 Å². The molecule has 0 unspecified atom stereocenters. The van der Waals surface area contributed by atoms with Crippen molar-refractivity contribution in [1.82, 2.24) is 0 Å². The molecule has 3 aromatic carbocycles. The van der Waals surface area contributed by atoms with Crippen molar-refractivity contribution in [2.24, 2.45) is 4.99 Å². The number of benzene rings is 3. The normalized spacial score (nSPS) is 12.9. The van der Waals surface area contributed by atoms with Gasteiger partial charge in [0.25, 0.3) is 0 Å². The van der Waals surface area contributed by atoms with Crippen LogP contribution in [0.25, 0.3) is 10.8 Å². The number of hydrogen-bond acceptors (Lipinski definition) is 2. The van der Waals surface area contributed by atoms with Crippen molar-refractivity contribution in [2.45, 2.75) is 6.42 Å². The highest BCUT2D eigenvalue weighted by Gasteiger charge is 2.15. The Balaban J connectivity index is 1.67. The average Bonchev–Trinajstić information content (AvgIpc) is 2.56. The molecule has 102 valence electrons. The monoisotopic (exact) mass is 272 g/mol. The van der Waals surface area contributed by atoms with Gasteiger partial charge in [-0.05, 0) is 29.5 Å². The highest BCUT2D eigenvalue weighted by Crippen LogP contribution is 2.36. The second-order valence-electron chi connectivity index (χ2n) is 5.33. The summed E-state index contributed by atoms with van der Waals surface area (Å²) in [6.07, 6.45) is 2.98. The second kappa shape index (κ2) is 5.06. The summed E-state index contributed by atoms with van der Waals surface area (Å²) in [4.78, 5) is 6.86. The topological polar surface area (TPSA) is 15.6 Å². The number of rotatable bonds is 3. The Morgan fingerprint density at radius 1 is 0.810 bits per heavy atom. The van der Waals surface area contributed by atoms with Gasteiger partial charge >= 0.3 is 0 Å². The molecule has 1 heterocycles. The molecule has 21 heavy (non-hydrogen) atoms. The zero-order chi connectivity index (χ0) is 14.1. The zero-order valence-electron chi connectivity index (χ0n) is 11.7. The lowest BCUT2D eigenvalue weighted by Gasteiger charge is -2.25. The predicted molar refractivity (Wildman–Crippen MR) is 89.6 cm³/mol. The minimum absolute atomic E-state index is 0.945. The minimum atomic E-state index is 0.945. The molecule has 0 spiro atoms. The summed E-state index contributed by atoms with van der Waals surface area (Å²) in [5.74, 6) is 0. The van der Waals surface area contributed by atoms with E-state index in [0.29, 0.717) is 0 Å². The van der Waals surface area contributed by atoms with Gasteiger partial charge in [0, 0.05) is 11.9 Å². The lowest BCUT2D eigenvalue weighted by molar-refractivity contribution is 0.943. The van der Waals surface area contributed by atoms with E-state index in [4.69, 9.17) is 0 Å². The third-order valence-corrected chi connectivity index (χ3v) is 3.99. The Morgan fingerprint density at radius 2 is 1.62 bits per heavy atom. The van der Waals surface area contributed by atoms with E-state index in [1.165, 1.54) is 22.0 Å². The lowest BCUT2D eigenvalue weighted by atomic mass is 10.0. The minimum Gasteiger partial charge on any atom is -0.331 e. The fraction of sp³-hybridized carbons (Fsp3) is 0.105. The number of aliphatic imine (C=N–C) groups is 1. The van der Waals surface area contributed by atoms with Gasteiger partial charge in [-0.1, -0.05) is 54.6 Å². The molecule has 0 N–H and O–H groups in total. The average molecular weight is 272 g/mol. The molecule has 0 aromatic heterocycles. The van der Waals surface area contributed by atoms with Gasteiger partial charge in [0.2, 0.25) is 0 Å². The lowest BCUT2D eigenvalue weighted by Crippen LogP contribution is -2.25. The molecule has 2 nitrogen and oxygen atoms in total. The van der Waals surface area contributed by atoms with Crippen molar-refractivity contribution in [1.29, 1.82) is 0 Å². The fourth-order valence-electron chi connectivity index (χ4n) is 2.92. The molecule has 0 saturated heterocycles. The van der Waals surface area contributed by atoms with E-state index < -0.39 is 0 Å². The molecule has 3 aromatic rings. The molecule has 0 aliphatic carbocycles. The van der Waals surface area contributed by atoms with Gasteiger partial charge in [-0.15, -0.1) is 0 Å². The highest BCUT2D eigenvalue weighted by atomic mass is 15.2. The molecule has 1 aliphatic heterocycles. The van der Waals surface area contributed by atoms with Crippen LogP contribution in [0.2, 0.25) is 0 Å². The Kier molecular flexibility index (Phi) is 2.93. The van der Waals surface area contributed by atoms with Gasteiger partial charge < -0.3 is 4.90 Å². The molecular weight excluding hydrogens is 256 g/mol.